The van der Waals surface area contributed by atoms with Gasteiger partial charge in [-0.05, 0) is 68.7 Å². The molecule has 2 aliphatic rings. The SMILES string of the molecule is CCCc1nnc(NC(=O)CCCCCN2C(=O)/C(=C/c3ccc(OC4CCCCC4)cc3)SC2=S)s1. The Morgan fingerprint density at radius 2 is 1.95 bits per heavy atom. The standard InChI is InChI=1S/C27H34N4O3S3/c1-2-9-24-29-30-26(37-24)28-23(32)12-7-4-8-17-31-25(33)22(36-27(31)35)18-19-13-15-21(16-14-19)34-20-10-5-3-6-11-20/h13-16,18,20H,2-12,17H2,1H3,(H,28,30,32)/b22-18-. The van der Waals surface area contributed by atoms with Crippen molar-refractivity contribution in [1.29, 1.82) is 0 Å². The number of aromatic nitrogens is 2. The molecule has 0 radical (unpaired) electrons. The molecule has 1 saturated heterocycles. The molecule has 1 saturated carbocycles. The molecule has 198 valence electrons. The van der Waals surface area contributed by atoms with Crippen LogP contribution in [0.25, 0.3) is 6.08 Å². The summed E-state index contributed by atoms with van der Waals surface area (Å²) in [6, 6.07) is 7.93. The molecule has 2 heterocycles. The minimum absolute atomic E-state index is 0.0468. The van der Waals surface area contributed by atoms with Gasteiger partial charge in [0.2, 0.25) is 11.0 Å². The van der Waals surface area contributed by atoms with Crippen LogP contribution in [0, 0.1) is 0 Å². The van der Waals surface area contributed by atoms with Gasteiger partial charge in [-0.15, -0.1) is 10.2 Å². The van der Waals surface area contributed by atoms with Gasteiger partial charge in [-0.25, -0.2) is 0 Å². The van der Waals surface area contributed by atoms with Crippen molar-refractivity contribution in [3.8, 4) is 5.75 Å². The highest BCUT2D eigenvalue weighted by molar-refractivity contribution is 8.26. The number of hydrogen-bond acceptors (Lipinski definition) is 8. The lowest BCUT2D eigenvalue weighted by Gasteiger charge is -2.22. The topological polar surface area (TPSA) is 84.4 Å². The van der Waals surface area contributed by atoms with Crippen molar-refractivity contribution in [2.24, 2.45) is 0 Å². The second-order valence-corrected chi connectivity index (χ2v) is 12.1. The maximum atomic E-state index is 12.9. The van der Waals surface area contributed by atoms with Gasteiger partial charge in [-0.2, -0.15) is 0 Å². The van der Waals surface area contributed by atoms with Crippen molar-refractivity contribution >= 4 is 62.7 Å². The summed E-state index contributed by atoms with van der Waals surface area (Å²) < 4.78 is 6.69. The average molecular weight is 559 g/mol. The summed E-state index contributed by atoms with van der Waals surface area (Å²) in [5, 5.41) is 12.4. The van der Waals surface area contributed by atoms with Crippen molar-refractivity contribution in [1.82, 2.24) is 15.1 Å². The molecule has 0 bridgehead atoms. The van der Waals surface area contributed by atoms with Crippen LogP contribution in [0.3, 0.4) is 0 Å². The van der Waals surface area contributed by atoms with E-state index in [4.69, 9.17) is 17.0 Å². The zero-order chi connectivity index (χ0) is 26.0. The molecule has 0 unspecified atom stereocenters. The Labute approximate surface area is 232 Å². The molecule has 10 heteroatoms. The van der Waals surface area contributed by atoms with E-state index in [1.54, 1.807) is 4.90 Å². The fourth-order valence-electron chi connectivity index (χ4n) is 4.40. The number of carbonyl (C=O) groups is 2. The second kappa shape index (κ2) is 14.0. The number of unbranched alkanes of at least 4 members (excludes halogenated alkanes) is 2. The van der Waals surface area contributed by atoms with Crippen LogP contribution >= 0.6 is 35.3 Å². The van der Waals surface area contributed by atoms with Crippen LogP contribution in [0.15, 0.2) is 29.2 Å². The lowest BCUT2D eigenvalue weighted by molar-refractivity contribution is -0.122. The molecular weight excluding hydrogens is 525 g/mol. The zero-order valence-corrected chi connectivity index (χ0v) is 23.7. The van der Waals surface area contributed by atoms with E-state index < -0.39 is 0 Å². The summed E-state index contributed by atoms with van der Waals surface area (Å²) in [7, 11) is 0. The van der Waals surface area contributed by atoms with E-state index in [0.717, 1.165) is 61.3 Å². The van der Waals surface area contributed by atoms with Crippen molar-refractivity contribution in [2.45, 2.75) is 83.7 Å². The lowest BCUT2D eigenvalue weighted by Crippen LogP contribution is -2.29. The van der Waals surface area contributed by atoms with Gasteiger partial charge in [-0.1, -0.05) is 67.2 Å². The minimum atomic E-state index is -0.0529. The fraction of sp³-hybridized carbons (Fsp3) is 0.519. The van der Waals surface area contributed by atoms with E-state index >= 15 is 0 Å². The molecule has 7 nitrogen and oxygen atoms in total. The predicted molar refractivity (Wildman–Crippen MR) is 155 cm³/mol. The smallest absolute Gasteiger partial charge is 0.266 e. The summed E-state index contributed by atoms with van der Waals surface area (Å²) in [6.45, 7) is 2.65. The largest absolute Gasteiger partial charge is 0.490 e. The van der Waals surface area contributed by atoms with Crippen LogP contribution in [0.4, 0.5) is 5.13 Å². The Morgan fingerprint density at radius 1 is 1.16 bits per heavy atom. The Kier molecular flexibility index (Phi) is 10.5. The highest BCUT2D eigenvalue weighted by atomic mass is 32.2. The first-order chi connectivity index (χ1) is 18.0. The number of nitrogens with zero attached hydrogens (tertiary/aromatic N) is 3. The summed E-state index contributed by atoms with van der Waals surface area (Å²) in [5.74, 6) is 0.784. The summed E-state index contributed by atoms with van der Waals surface area (Å²) in [4.78, 5) is 27.4. The van der Waals surface area contributed by atoms with Crippen LogP contribution < -0.4 is 10.1 Å². The first-order valence-electron chi connectivity index (χ1n) is 13.2. The normalized spacial score (nSPS) is 17.5. The third-order valence-corrected chi connectivity index (χ3v) is 8.65. The van der Waals surface area contributed by atoms with Gasteiger partial charge in [0.1, 0.15) is 15.1 Å². The van der Waals surface area contributed by atoms with E-state index in [0.29, 0.717) is 33.4 Å². The number of amides is 2. The van der Waals surface area contributed by atoms with Crippen molar-refractivity contribution in [3.63, 3.8) is 0 Å². The molecular formula is C27H34N4O3S3. The van der Waals surface area contributed by atoms with Crippen LogP contribution in [-0.2, 0) is 16.0 Å². The molecule has 1 N–H and O–H groups in total. The van der Waals surface area contributed by atoms with Gasteiger partial charge < -0.3 is 10.1 Å². The van der Waals surface area contributed by atoms with E-state index in [1.807, 2.05) is 30.3 Å². The summed E-state index contributed by atoms with van der Waals surface area (Å²) in [5.41, 5.74) is 0.958. The maximum Gasteiger partial charge on any atom is 0.266 e. The number of ether oxygens (including phenoxy) is 1. The van der Waals surface area contributed by atoms with E-state index in [9.17, 15) is 9.59 Å². The molecule has 2 aromatic rings. The number of nitrogens with one attached hydrogen (secondary N) is 1. The highest BCUT2D eigenvalue weighted by Gasteiger charge is 2.31. The van der Waals surface area contributed by atoms with Crippen LogP contribution in [0.1, 0.15) is 81.7 Å². The van der Waals surface area contributed by atoms with Gasteiger partial charge in [0, 0.05) is 19.4 Å². The van der Waals surface area contributed by atoms with Crippen LogP contribution in [0.5, 0.6) is 5.75 Å². The zero-order valence-electron chi connectivity index (χ0n) is 21.2. The lowest BCUT2D eigenvalue weighted by atomic mass is 9.98. The molecule has 37 heavy (non-hydrogen) atoms. The minimum Gasteiger partial charge on any atom is -0.490 e. The van der Waals surface area contributed by atoms with E-state index in [-0.39, 0.29) is 11.8 Å². The molecule has 2 amide bonds. The molecule has 1 aromatic heterocycles. The van der Waals surface area contributed by atoms with Crippen molar-refractivity contribution in [3.05, 3.63) is 39.7 Å². The molecule has 0 atom stereocenters. The number of thiocarbonyl (C=S) groups is 1. The van der Waals surface area contributed by atoms with Crippen LogP contribution in [-0.4, -0.2) is 43.9 Å². The number of hydrogen-bond donors (Lipinski definition) is 1. The molecule has 4 rings (SSSR count). The predicted octanol–water partition coefficient (Wildman–Crippen LogP) is 6.60. The second-order valence-electron chi connectivity index (χ2n) is 9.39. The van der Waals surface area contributed by atoms with Gasteiger partial charge in [-0.3, -0.25) is 14.5 Å². The van der Waals surface area contributed by atoms with Gasteiger partial charge in [0.15, 0.2) is 0 Å². The molecule has 1 aromatic carbocycles. The Bertz CT molecular complexity index is 1110. The fourth-order valence-corrected chi connectivity index (χ4v) is 6.56. The molecule has 1 aliphatic heterocycles. The monoisotopic (exact) mass is 558 g/mol. The van der Waals surface area contributed by atoms with E-state index in [1.165, 1.54) is 42.4 Å². The van der Waals surface area contributed by atoms with Gasteiger partial charge in [0.25, 0.3) is 5.91 Å². The number of carbonyl (C=O) groups excluding carboxylic acids is 2. The molecule has 1 aliphatic carbocycles. The Hall–Kier alpha value is -2.30. The van der Waals surface area contributed by atoms with Gasteiger partial charge in [0.05, 0.1) is 11.0 Å². The molecule has 0 spiro atoms. The molecule has 2 fully saturated rings. The number of aryl methyl sites for hydroxylation is 1. The first-order valence-corrected chi connectivity index (χ1v) is 15.2. The summed E-state index contributed by atoms with van der Waals surface area (Å²) in [6.07, 6.45) is 12.9. The summed E-state index contributed by atoms with van der Waals surface area (Å²) >= 11 is 8.24. The van der Waals surface area contributed by atoms with E-state index in [2.05, 4.69) is 22.4 Å². The number of benzene rings is 1. The number of anilines is 1. The van der Waals surface area contributed by atoms with Crippen LogP contribution in [0.2, 0.25) is 0 Å². The Balaban J connectivity index is 1.18. The number of rotatable bonds is 12. The Morgan fingerprint density at radius 3 is 2.70 bits per heavy atom. The third kappa shape index (κ3) is 8.35. The van der Waals surface area contributed by atoms with Crippen molar-refractivity contribution in [2.75, 3.05) is 11.9 Å². The third-order valence-electron chi connectivity index (χ3n) is 6.37. The highest BCUT2D eigenvalue weighted by Crippen LogP contribution is 2.33. The number of thioether (sulfide) groups is 1. The average Bonchev–Trinajstić information content (AvgIpc) is 3.44. The quantitative estimate of drug-likeness (QED) is 0.178. The van der Waals surface area contributed by atoms with Gasteiger partial charge >= 0.3 is 0 Å². The first kappa shape index (κ1) is 27.7. The van der Waals surface area contributed by atoms with Crippen molar-refractivity contribution < 1.29 is 14.3 Å². The maximum absolute atomic E-state index is 12.9.